The Bertz CT molecular complexity index is 729. The maximum absolute atomic E-state index is 12.2. The van der Waals surface area contributed by atoms with E-state index < -0.39 is 14.6 Å². The van der Waals surface area contributed by atoms with Crippen LogP contribution in [0.2, 0.25) is 0 Å². The van der Waals surface area contributed by atoms with Crippen LogP contribution in [0.15, 0.2) is 29.3 Å². The van der Waals surface area contributed by atoms with Gasteiger partial charge in [0, 0.05) is 26.7 Å². The molecular formula is C19H31N3O3S. The van der Waals surface area contributed by atoms with Gasteiger partial charge in [0.05, 0.1) is 17.1 Å². The first-order chi connectivity index (χ1) is 12.3. The van der Waals surface area contributed by atoms with Gasteiger partial charge in [-0.1, -0.05) is 19.1 Å². The van der Waals surface area contributed by atoms with Crippen LogP contribution in [0.3, 0.4) is 0 Å². The smallest absolute Gasteiger partial charge is 0.193 e. The van der Waals surface area contributed by atoms with Crippen molar-refractivity contribution in [3.8, 4) is 5.75 Å². The van der Waals surface area contributed by atoms with Crippen LogP contribution in [-0.2, 0) is 16.3 Å². The van der Waals surface area contributed by atoms with E-state index in [-0.39, 0.29) is 5.75 Å². The average molecular weight is 382 g/mol. The molecule has 1 fully saturated rings. The molecule has 0 spiro atoms. The lowest BCUT2D eigenvalue weighted by Gasteiger charge is -2.39. The minimum atomic E-state index is -3.05. The summed E-state index contributed by atoms with van der Waals surface area (Å²) in [6.45, 7) is 8.04. The molecule has 7 heteroatoms. The molecule has 0 aromatic heterocycles. The lowest BCUT2D eigenvalue weighted by atomic mass is 10.1. The SMILES string of the molecule is CCCOc1cccc(CCNC(=NC)N2CCS(=O)(=O)C(C)(C)C2)c1. The summed E-state index contributed by atoms with van der Waals surface area (Å²) < 4.78 is 29.3. The van der Waals surface area contributed by atoms with Crippen molar-refractivity contribution < 1.29 is 13.2 Å². The van der Waals surface area contributed by atoms with Crippen LogP contribution in [-0.4, -0.2) is 63.1 Å². The molecule has 2 rings (SSSR count). The summed E-state index contributed by atoms with van der Waals surface area (Å²) in [7, 11) is -1.32. The van der Waals surface area contributed by atoms with Crippen molar-refractivity contribution in [3.05, 3.63) is 29.8 Å². The standard InChI is InChI=1S/C19H31N3O3S/c1-5-12-25-17-8-6-7-16(14-17)9-10-21-18(20-4)22-11-13-26(23,24)19(2,3)15-22/h6-8,14H,5,9-13,15H2,1-4H3,(H,20,21). The molecule has 1 aromatic rings. The van der Waals surface area contributed by atoms with E-state index in [1.807, 2.05) is 17.0 Å². The zero-order valence-corrected chi connectivity index (χ0v) is 17.1. The van der Waals surface area contributed by atoms with Gasteiger partial charge in [-0.25, -0.2) is 8.42 Å². The second-order valence-electron chi connectivity index (χ2n) is 7.22. The average Bonchev–Trinajstić information content (AvgIpc) is 2.60. The number of benzene rings is 1. The normalized spacial score (nSPS) is 19.2. The van der Waals surface area contributed by atoms with Gasteiger partial charge in [0.25, 0.3) is 0 Å². The van der Waals surface area contributed by atoms with Gasteiger partial charge in [0.1, 0.15) is 5.75 Å². The van der Waals surface area contributed by atoms with Crippen molar-refractivity contribution in [2.75, 3.05) is 39.0 Å². The zero-order valence-electron chi connectivity index (χ0n) is 16.3. The van der Waals surface area contributed by atoms with Gasteiger partial charge in [-0.3, -0.25) is 4.99 Å². The third-order valence-corrected chi connectivity index (χ3v) is 7.16. The van der Waals surface area contributed by atoms with Crippen LogP contribution < -0.4 is 10.1 Å². The van der Waals surface area contributed by atoms with Crippen LogP contribution in [0, 0.1) is 0 Å². The maximum Gasteiger partial charge on any atom is 0.193 e. The fourth-order valence-electron chi connectivity index (χ4n) is 2.99. The molecule has 146 valence electrons. The van der Waals surface area contributed by atoms with E-state index in [1.165, 1.54) is 5.56 Å². The molecule has 1 aliphatic rings. The molecule has 1 N–H and O–H groups in total. The molecule has 0 atom stereocenters. The minimum absolute atomic E-state index is 0.164. The number of rotatable bonds is 6. The molecule has 0 amide bonds. The highest BCUT2D eigenvalue weighted by Crippen LogP contribution is 2.23. The molecule has 0 saturated carbocycles. The molecule has 0 unspecified atom stereocenters. The molecule has 1 aliphatic heterocycles. The van der Waals surface area contributed by atoms with Crippen molar-refractivity contribution in [3.63, 3.8) is 0 Å². The Kier molecular flexibility index (Phi) is 6.92. The Morgan fingerprint density at radius 3 is 2.81 bits per heavy atom. The molecule has 1 heterocycles. The van der Waals surface area contributed by atoms with E-state index in [0.717, 1.165) is 37.7 Å². The van der Waals surface area contributed by atoms with Gasteiger partial charge in [-0.2, -0.15) is 0 Å². The predicted octanol–water partition coefficient (Wildman–Crippen LogP) is 2.10. The number of nitrogens with one attached hydrogen (secondary N) is 1. The molecule has 26 heavy (non-hydrogen) atoms. The minimum Gasteiger partial charge on any atom is -0.494 e. The van der Waals surface area contributed by atoms with Crippen LogP contribution in [0.25, 0.3) is 0 Å². The number of hydrogen-bond acceptors (Lipinski definition) is 4. The summed E-state index contributed by atoms with van der Waals surface area (Å²) in [4.78, 5) is 6.36. The Morgan fingerprint density at radius 1 is 1.38 bits per heavy atom. The van der Waals surface area contributed by atoms with E-state index in [4.69, 9.17) is 4.74 Å². The Balaban J connectivity index is 1.90. The number of aliphatic imine (C=N–C) groups is 1. The Labute approximate surface area is 157 Å². The van der Waals surface area contributed by atoms with Crippen molar-refractivity contribution in [2.45, 2.75) is 38.4 Å². The first-order valence-corrected chi connectivity index (χ1v) is 10.8. The number of nitrogens with zero attached hydrogens (tertiary/aromatic N) is 2. The van der Waals surface area contributed by atoms with Crippen molar-refractivity contribution in [1.82, 2.24) is 10.2 Å². The largest absolute Gasteiger partial charge is 0.494 e. The summed E-state index contributed by atoms with van der Waals surface area (Å²) in [6, 6.07) is 8.13. The van der Waals surface area contributed by atoms with Gasteiger partial charge < -0.3 is 15.0 Å². The van der Waals surface area contributed by atoms with Gasteiger partial charge in [0.15, 0.2) is 15.8 Å². The second kappa shape index (κ2) is 8.75. The molecule has 6 nitrogen and oxygen atoms in total. The first-order valence-electron chi connectivity index (χ1n) is 9.18. The summed E-state index contributed by atoms with van der Waals surface area (Å²) in [5, 5.41) is 3.36. The van der Waals surface area contributed by atoms with Gasteiger partial charge in [-0.05, 0) is 44.4 Å². The van der Waals surface area contributed by atoms with Crippen LogP contribution in [0.4, 0.5) is 0 Å². The van der Waals surface area contributed by atoms with Crippen LogP contribution in [0.1, 0.15) is 32.8 Å². The third kappa shape index (κ3) is 5.13. The molecule has 0 bridgehead atoms. The number of ether oxygens (including phenoxy) is 1. The van der Waals surface area contributed by atoms with E-state index in [1.54, 1.807) is 20.9 Å². The monoisotopic (exact) mass is 381 g/mol. The highest BCUT2D eigenvalue weighted by atomic mass is 32.2. The fourth-order valence-corrected chi connectivity index (χ4v) is 4.35. The molecule has 0 aliphatic carbocycles. The van der Waals surface area contributed by atoms with E-state index >= 15 is 0 Å². The summed E-state index contributed by atoms with van der Waals surface area (Å²) >= 11 is 0. The summed E-state index contributed by atoms with van der Waals surface area (Å²) in [5.74, 6) is 1.82. The van der Waals surface area contributed by atoms with Gasteiger partial charge in [0.2, 0.25) is 0 Å². The van der Waals surface area contributed by atoms with Crippen LogP contribution in [0.5, 0.6) is 5.75 Å². The highest BCUT2D eigenvalue weighted by Gasteiger charge is 2.40. The first kappa shape index (κ1) is 20.6. The number of sulfone groups is 1. The Hall–Kier alpha value is -1.76. The Morgan fingerprint density at radius 2 is 2.15 bits per heavy atom. The quantitative estimate of drug-likeness (QED) is 0.604. The number of guanidine groups is 1. The predicted molar refractivity (Wildman–Crippen MR) is 107 cm³/mol. The topological polar surface area (TPSA) is 71.0 Å². The van der Waals surface area contributed by atoms with E-state index in [0.29, 0.717) is 13.1 Å². The van der Waals surface area contributed by atoms with Crippen molar-refractivity contribution >= 4 is 15.8 Å². The summed E-state index contributed by atoms with van der Waals surface area (Å²) in [5.41, 5.74) is 1.20. The molecular weight excluding hydrogens is 350 g/mol. The maximum atomic E-state index is 12.2. The molecule has 1 saturated heterocycles. The highest BCUT2D eigenvalue weighted by molar-refractivity contribution is 7.92. The van der Waals surface area contributed by atoms with E-state index in [9.17, 15) is 8.42 Å². The lowest BCUT2D eigenvalue weighted by molar-refractivity contribution is 0.317. The van der Waals surface area contributed by atoms with Gasteiger partial charge >= 0.3 is 0 Å². The molecule has 0 radical (unpaired) electrons. The lowest BCUT2D eigenvalue weighted by Crippen LogP contribution is -2.57. The second-order valence-corrected chi connectivity index (χ2v) is 9.96. The van der Waals surface area contributed by atoms with Crippen molar-refractivity contribution in [2.24, 2.45) is 4.99 Å². The van der Waals surface area contributed by atoms with Gasteiger partial charge in [-0.15, -0.1) is 0 Å². The van der Waals surface area contributed by atoms with E-state index in [2.05, 4.69) is 29.4 Å². The van der Waals surface area contributed by atoms with Crippen LogP contribution >= 0.6 is 0 Å². The van der Waals surface area contributed by atoms with Crippen molar-refractivity contribution in [1.29, 1.82) is 0 Å². The summed E-state index contributed by atoms with van der Waals surface area (Å²) in [6.07, 6.45) is 1.84. The number of hydrogen-bond donors (Lipinski definition) is 1. The molecule has 1 aromatic carbocycles. The fraction of sp³-hybridized carbons (Fsp3) is 0.632. The zero-order chi connectivity index (χ0) is 19.2. The third-order valence-electron chi connectivity index (χ3n) is 4.62.